The van der Waals surface area contributed by atoms with Crippen LogP contribution < -0.4 is 4.74 Å². The number of carboxylic acid groups (broad SMARTS) is 1. The minimum Gasteiger partial charge on any atom is -0.492 e. The van der Waals surface area contributed by atoms with E-state index in [2.05, 4.69) is 6.92 Å². The van der Waals surface area contributed by atoms with Gasteiger partial charge in [-0.25, -0.2) is 13.3 Å². The average Bonchev–Trinajstić information content (AvgIpc) is 3.39. The fraction of sp³-hybridized carbons (Fsp3) is 0.346. The van der Waals surface area contributed by atoms with Crippen LogP contribution in [0, 0.1) is 6.92 Å². The van der Waals surface area contributed by atoms with Crippen molar-refractivity contribution in [2.75, 3.05) is 19.7 Å². The van der Waals surface area contributed by atoms with E-state index in [-0.39, 0.29) is 0 Å². The van der Waals surface area contributed by atoms with Crippen LogP contribution in [-0.4, -0.2) is 43.9 Å². The lowest BCUT2D eigenvalue weighted by Crippen LogP contribution is -2.34. The summed E-state index contributed by atoms with van der Waals surface area (Å²) in [5, 5.41) is 12.2. The number of carboxylic acids is 1. The minimum atomic E-state index is -1.29. The predicted molar refractivity (Wildman–Crippen MR) is 144 cm³/mol. The van der Waals surface area contributed by atoms with Crippen LogP contribution >= 0.6 is 22.9 Å². The zero-order valence-corrected chi connectivity index (χ0v) is 22.6. The molecule has 0 amide bonds. The van der Waals surface area contributed by atoms with Crippen molar-refractivity contribution >= 4 is 60.9 Å². The Kier molecular flexibility index (Phi) is 7.57. The monoisotopic (exact) mass is 532 g/mol. The van der Waals surface area contributed by atoms with Gasteiger partial charge in [-0.05, 0) is 80.6 Å². The number of fused-ring (bicyclic) bond motifs is 2. The van der Waals surface area contributed by atoms with Gasteiger partial charge >= 0.3 is 5.97 Å². The van der Waals surface area contributed by atoms with Crippen molar-refractivity contribution in [3.05, 3.63) is 59.2 Å². The van der Waals surface area contributed by atoms with E-state index in [0.717, 1.165) is 37.2 Å². The summed E-state index contributed by atoms with van der Waals surface area (Å²) < 4.78 is 25.1. The van der Waals surface area contributed by atoms with Crippen LogP contribution in [0.2, 0.25) is 5.02 Å². The van der Waals surface area contributed by atoms with Crippen LogP contribution in [0.15, 0.2) is 52.9 Å². The van der Waals surface area contributed by atoms with Gasteiger partial charge < -0.3 is 14.4 Å². The van der Waals surface area contributed by atoms with E-state index in [0.29, 0.717) is 30.5 Å². The molecule has 9 heteroatoms. The van der Waals surface area contributed by atoms with Crippen LogP contribution in [0.4, 0.5) is 0 Å². The molecule has 0 fully saturated rings. The molecule has 35 heavy (non-hydrogen) atoms. The molecule has 4 rings (SSSR count). The highest BCUT2D eigenvalue weighted by atomic mass is 35.5. The Bertz CT molecular complexity index is 1410. The number of nitrogens with zero attached hydrogens (tertiary/aromatic N) is 2. The Morgan fingerprint density at radius 2 is 1.97 bits per heavy atom. The third-order valence-corrected chi connectivity index (χ3v) is 9.56. The van der Waals surface area contributed by atoms with Crippen LogP contribution in [0.1, 0.15) is 32.8 Å². The van der Waals surface area contributed by atoms with Crippen molar-refractivity contribution in [2.24, 2.45) is 0 Å². The molecule has 0 spiro atoms. The van der Waals surface area contributed by atoms with Gasteiger partial charge in [0.25, 0.3) is 0 Å². The van der Waals surface area contributed by atoms with E-state index in [1.807, 2.05) is 53.7 Å². The largest absolute Gasteiger partial charge is 0.492 e. The second-order valence-corrected chi connectivity index (χ2v) is 12.1. The van der Waals surface area contributed by atoms with E-state index in [1.165, 1.54) is 0 Å². The molecule has 2 aromatic heterocycles. The lowest BCUT2D eigenvalue weighted by molar-refractivity contribution is -0.145. The molecular formula is C26H29ClN2O4S2. The highest BCUT2D eigenvalue weighted by molar-refractivity contribution is 7.85. The summed E-state index contributed by atoms with van der Waals surface area (Å²) in [4.78, 5) is 11.7. The van der Waals surface area contributed by atoms with Crippen molar-refractivity contribution in [3.8, 4) is 5.75 Å². The summed E-state index contributed by atoms with van der Waals surface area (Å²) in [6, 6.07) is 13.3. The van der Waals surface area contributed by atoms with Gasteiger partial charge in [-0.2, -0.15) is 0 Å². The summed E-state index contributed by atoms with van der Waals surface area (Å²) in [5.74, 6) is -0.199. The van der Waals surface area contributed by atoms with Crippen LogP contribution in [0.5, 0.6) is 5.75 Å². The first-order valence-electron chi connectivity index (χ1n) is 11.5. The zero-order chi connectivity index (χ0) is 25.3. The van der Waals surface area contributed by atoms with E-state index in [1.54, 1.807) is 35.9 Å². The molecule has 1 N–H and O–H groups in total. The highest BCUT2D eigenvalue weighted by Gasteiger charge is 2.30. The number of carbonyl (C=O) groups is 1. The first-order valence-corrected chi connectivity index (χ1v) is 13.8. The molecule has 0 saturated heterocycles. The Balaban J connectivity index is 1.47. The number of rotatable bonds is 10. The molecule has 0 bridgehead atoms. The Hall–Kier alpha value is -2.39. The molecule has 0 aliphatic heterocycles. The van der Waals surface area contributed by atoms with Gasteiger partial charge in [0.2, 0.25) is 0 Å². The first kappa shape index (κ1) is 25.7. The van der Waals surface area contributed by atoms with Gasteiger partial charge in [-0.3, -0.25) is 0 Å². The van der Waals surface area contributed by atoms with Crippen molar-refractivity contribution < 1.29 is 18.8 Å². The number of hydrogen-bond donors (Lipinski definition) is 1. The summed E-state index contributed by atoms with van der Waals surface area (Å²) in [6.07, 6.45) is 2.66. The van der Waals surface area contributed by atoms with Crippen molar-refractivity contribution in [2.45, 2.75) is 43.9 Å². The van der Waals surface area contributed by atoms with Crippen LogP contribution in [-0.2, 0) is 21.3 Å². The minimum absolute atomic E-state index is 0.383. The smallest absolute Gasteiger partial charge is 0.329 e. The van der Waals surface area contributed by atoms with Gasteiger partial charge in [0, 0.05) is 39.9 Å². The fourth-order valence-electron chi connectivity index (χ4n) is 4.05. The molecule has 2 aromatic carbocycles. The van der Waals surface area contributed by atoms with Crippen LogP contribution in [0.3, 0.4) is 0 Å². The standard InChI is InChI=1S/C26H29ClN2O4S2/c1-5-11-28(35(32)24-17(2)21-16-19(27)6-9-23(21)34-24)13-14-33-20-7-8-22-18(15-20)10-12-29(22)26(3,4)25(30)31/h6-10,12,15-16H,5,11,13-14H2,1-4H3,(H,30,31). The number of halogens is 1. The number of hydrogen-bond acceptors (Lipinski definition) is 4. The highest BCUT2D eigenvalue weighted by Crippen LogP contribution is 2.35. The zero-order valence-electron chi connectivity index (χ0n) is 20.2. The second kappa shape index (κ2) is 10.3. The number of benzene rings is 2. The molecular weight excluding hydrogens is 504 g/mol. The lowest BCUT2D eigenvalue weighted by atomic mass is 10.1. The molecule has 4 aromatic rings. The van der Waals surface area contributed by atoms with Crippen molar-refractivity contribution in [1.82, 2.24) is 8.87 Å². The third kappa shape index (κ3) is 5.11. The quantitative estimate of drug-likeness (QED) is 0.255. The molecule has 2 heterocycles. The van der Waals surface area contributed by atoms with Crippen LogP contribution in [0.25, 0.3) is 21.0 Å². The first-order chi connectivity index (χ1) is 16.6. The molecule has 0 aliphatic carbocycles. The van der Waals surface area contributed by atoms with Gasteiger partial charge in [0.1, 0.15) is 33.1 Å². The van der Waals surface area contributed by atoms with E-state index < -0.39 is 22.5 Å². The van der Waals surface area contributed by atoms with Crippen molar-refractivity contribution in [1.29, 1.82) is 0 Å². The van der Waals surface area contributed by atoms with Crippen molar-refractivity contribution in [3.63, 3.8) is 0 Å². The molecule has 0 saturated carbocycles. The van der Waals surface area contributed by atoms with Gasteiger partial charge in [-0.15, -0.1) is 11.3 Å². The van der Waals surface area contributed by atoms with Gasteiger partial charge in [0.05, 0.1) is 0 Å². The third-order valence-electron chi connectivity index (χ3n) is 6.12. The molecule has 6 nitrogen and oxygen atoms in total. The summed E-state index contributed by atoms with van der Waals surface area (Å²) in [5.41, 5.74) is 0.788. The van der Waals surface area contributed by atoms with E-state index in [4.69, 9.17) is 16.3 Å². The number of aromatic nitrogens is 1. The summed E-state index contributed by atoms with van der Waals surface area (Å²) >= 11 is 7.71. The molecule has 0 aliphatic rings. The number of ether oxygens (including phenoxy) is 1. The Morgan fingerprint density at radius 1 is 1.20 bits per heavy atom. The second-order valence-electron chi connectivity index (χ2n) is 8.95. The van der Waals surface area contributed by atoms with Gasteiger partial charge in [-0.1, -0.05) is 18.5 Å². The number of thiophene rings is 1. The SMILES string of the molecule is CCCN(CCOc1ccc2c(ccn2C(C)(C)C(=O)O)c1)S(=O)c1sc2ccc(Cl)cc2c1C. The number of aliphatic carboxylic acids is 1. The van der Waals surface area contributed by atoms with Gasteiger partial charge in [0.15, 0.2) is 0 Å². The Morgan fingerprint density at radius 3 is 2.69 bits per heavy atom. The van der Waals surface area contributed by atoms with E-state index in [9.17, 15) is 14.1 Å². The normalized spacial score (nSPS) is 13.1. The molecule has 186 valence electrons. The molecule has 0 radical (unpaired) electrons. The number of aryl methyl sites for hydroxylation is 1. The fourth-order valence-corrected chi connectivity index (χ4v) is 7.21. The summed E-state index contributed by atoms with van der Waals surface area (Å²) in [6.45, 7) is 9.00. The topological polar surface area (TPSA) is 71.8 Å². The summed E-state index contributed by atoms with van der Waals surface area (Å²) in [7, 11) is -1.29. The molecule has 1 unspecified atom stereocenters. The van der Waals surface area contributed by atoms with E-state index >= 15 is 0 Å². The molecule has 1 atom stereocenters. The Labute approximate surface area is 216 Å². The predicted octanol–water partition coefficient (Wildman–Crippen LogP) is 6.45. The maximum atomic E-state index is 13.5. The lowest BCUT2D eigenvalue weighted by Gasteiger charge is -2.23. The average molecular weight is 533 g/mol. The maximum absolute atomic E-state index is 13.5. The maximum Gasteiger partial charge on any atom is 0.329 e.